The van der Waals surface area contributed by atoms with Gasteiger partial charge in [-0.05, 0) is 42.6 Å². The third-order valence-electron chi connectivity index (χ3n) is 3.97. The number of ether oxygens (including phenoxy) is 1. The molecule has 0 aliphatic carbocycles. The molecular formula is C15H22BrNO. The number of fused-ring (bicyclic) bond motifs is 1. The van der Waals surface area contributed by atoms with Crippen molar-refractivity contribution >= 4 is 15.9 Å². The van der Waals surface area contributed by atoms with E-state index >= 15 is 0 Å². The normalized spacial score (nSPS) is 17.1. The molecule has 2 unspecified atom stereocenters. The summed E-state index contributed by atoms with van der Waals surface area (Å²) in [5.41, 5.74) is 2.68. The predicted octanol–water partition coefficient (Wildman–Crippen LogP) is 3.56. The third-order valence-corrected chi connectivity index (χ3v) is 4.42. The highest BCUT2D eigenvalue weighted by molar-refractivity contribution is 9.10. The number of hydrogen-bond acceptors (Lipinski definition) is 2. The van der Waals surface area contributed by atoms with Crippen LogP contribution in [0.25, 0.3) is 0 Å². The minimum Gasteiger partial charge on any atom is -0.493 e. The van der Waals surface area contributed by atoms with E-state index in [-0.39, 0.29) is 0 Å². The highest BCUT2D eigenvalue weighted by atomic mass is 79.9. The van der Waals surface area contributed by atoms with Gasteiger partial charge in [0.1, 0.15) is 5.75 Å². The average Bonchev–Trinajstić information content (AvgIpc) is 2.82. The third kappa shape index (κ3) is 2.89. The second kappa shape index (κ2) is 6.07. The molecule has 3 heteroatoms. The van der Waals surface area contributed by atoms with Gasteiger partial charge in [0.15, 0.2) is 0 Å². The van der Waals surface area contributed by atoms with Crippen LogP contribution in [0.2, 0.25) is 0 Å². The Kier molecular flexibility index (Phi) is 4.68. The van der Waals surface area contributed by atoms with Crippen LogP contribution < -0.4 is 10.1 Å². The summed E-state index contributed by atoms with van der Waals surface area (Å²) in [7, 11) is 2.05. The minimum atomic E-state index is 0.512. The maximum atomic E-state index is 5.79. The van der Waals surface area contributed by atoms with Gasteiger partial charge in [0.05, 0.1) is 6.61 Å². The largest absolute Gasteiger partial charge is 0.493 e. The molecule has 1 heterocycles. The Labute approximate surface area is 118 Å². The van der Waals surface area contributed by atoms with Crippen molar-refractivity contribution in [3.63, 3.8) is 0 Å². The molecule has 100 valence electrons. The van der Waals surface area contributed by atoms with Gasteiger partial charge in [-0.1, -0.05) is 36.2 Å². The first kappa shape index (κ1) is 13.9. The monoisotopic (exact) mass is 311 g/mol. The molecule has 1 aliphatic rings. The second-order valence-corrected chi connectivity index (χ2v) is 6.05. The molecule has 0 bridgehead atoms. The Bertz CT molecular complexity index is 419. The molecule has 2 atom stereocenters. The maximum Gasteiger partial charge on any atom is 0.125 e. The standard InChI is InChI=1S/C15H22BrNO/c1-4-10(2)14(17-3)9-12-8-13(16)7-11-5-6-18-15(11)12/h7-8,10,14,17H,4-6,9H2,1-3H3. The second-order valence-electron chi connectivity index (χ2n) is 5.14. The van der Waals surface area contributed by atoms with Crippen molar-refractivity contribution in [2.75, 3.05) is 13.7 Å². The summed E-state index contributed by atoms with van der Waals surface area (Å²) < 4.78 is 6.96. The molecule has 0 saturated carbocycles. The highest BCUT2D eigenvalue weighted by Gasteiger charge is 2.21. The fourth-order valence-corrected chi connectivity index (χ4v) is 3.16. The summed E-state index contributed by atoms with van der Waals surface area (Å²) in [4.78, 5) is 0. The van der Waals surface area contributed by atoms with Crippen molar-refractivity contribution in [2.24, 2.45) is 5.92 Å². The molecule has 0 aromatic heterocycles. The van der Waals surface area contributed by atoms with E-state index in [1.807, 2.05) is 0 Å². The molecule has 1 aromatic rings. The first-order valence-corrected chi connectivity index (χ1v) is 7.56. The molecular weight excluding hydrogens is 290 g/mol. The van der Waals surface area contributed by atoms with Crippen LogP contribution in [0.4, 0.5) is 0 Å². The summed E-state index contributed by atoms with van der Waals surface area (Å²) in [6, 6.07) is 4.90. The van der Waals surface area contributed by atoms with Crippen LogP contribution in [0, 0.1) is 5.92 Å². The fraction of sp³-hybridized carbons (Fsp3) is 0.600. The number of hydrogen-bond donors (Lipinski definition) is 1. The van der Waals surface area contributed by atoms with Crippen molar-refractivity contribution in [1.29, 1.82) is 0 Å². The van der Waals surface area contributed by atoms with E-state index in [1.54, 1.807) is 0 Å². The molecule has 0 saturated heterocycles. The molecule has 0 amide bonds. The zero-order chi connectivity index (χ0) is 13.1. The van der Waals surface area contributed by atoms with Crippen LogP contribution in [0.1, 0.15) is 31.4 Å². The SMILES string of the molecule is CCC(C)C(Cc1cc(Br)cc2c1OCC2)NC. The van der Waals surface area contributed by atoms with Crippen molar-refractivity contribution in [3.8, 4) is 5.75 Å². The van der Waals surface area contributed by atoms with Crippen LogP contribution in [0.15, 0.2) is 16.6 Å². The lowest BCUT2D eigenvalue weighted by molar-refractivity contribution is 0.344. The van der Waals surface area contributed by atoms with Crippen molar-refractivity contribution in [1.82, 2.24) is 5.32 Å². The van der Waals surface area contributed by atoms with E-state index in [4.69, 9.17) is 4.74 Å². The van der Waals surface area contributed by atoms with Gasteiger partial charge in [0, 0.05) is 16.9 Å². The van der Waals surface area contributed by atoms with E-state index in [1.165, 1.54) is 22.0 Å². The predicted molar refractivity (Wildman–Crippen MR) is 79.3 cm³/mol. The van der Waals surface area contributed by atoms with Gasteiger partial charge in [-0.15, -0.1) is 0 Å². The van der Waals surface area contributed by atoms with E-state index in [2.05, 4.69) is 54.3 Å². The number of nitrogens with one attached hydrogen (secondary N) is 1. The lowest BCUT2D eigenvalue weighted by Gasteiger charge is -2.23. The first-order chi connectivity index (χ1) is 8.65. The zero-order valence-electron chi connectivity index (χ0n) is 11.4. The quantitative estimate of drug-likeness (QED) is 0.897. The van der Waals surface area contributed by atoms with Crippen molar-refractivity contribution in [3.05, 3.63) is 27.7 Å². The lowest BCUT2D eigenvalue weighted by atomic mass is 9.92. The molecule has 1 aliphatic heterocycles. The van der Waals surface area contributed by atoms with Crippen LogP contribution in [0.5, 0.6) is 5.75 Å². The van der Waals surface area contributed by atoms with Crippen LogP contribution in [-0.4, -0.2) is 19.7 Å². The molecule has 18 heavy (non-hydrogen) atoms. The molecule has 2 nitrogen and oxygen atoms in total. The summed E-state index contributed by atoms with van der Waals surface area (Å²) in [5.74, 6) is 1.80. The summed E-state index contributed by atoms with van der Waals surface area (Å²) in [5, 5.41) is 3.44. The Morgan fingerprint density at radius 1 is 1.44 bits per heavy atom. The van der Waals surface area contributed by atoms with E-state index in [0.717, 1.165) is 25.2 Å². The van der Waals surface area contributed by atoms with Gasteiger partial charge >= 0.3 is 0 Å². The summed E-state index contributed by atoms with van der Waals surface area (Å²) in [6.07, 6.45) is 3.27. The van der Waals surface area contributed by atoms with E-state index in [9.17, 15) is 0 Å². The van der Waals surface area contributed by atoms with Crippen LogP contribution in [0.3, 0.4) is 0 Å². The van der Waals surface area contributed by atoms with Gasteiger partial charge in [0.25, 0.3) is 0 Å². The molecule has 0 spiro atoms. The molecule has 1 aromatic carbocycles. The highest BCUT2D eigenvalue weighted by Crippen LogP contribution is 2.34. The van der Waals surface area contributed by atoms with Crippen molar-refractivity contribution in [2.45, 2.75) is 39.2 Å². The van der Waals surface area contributed by atoms with Crippen LogP contribution >= 0.6 is 15.9 Å². The van der Waals surface area contributed by atoms with Gasteiger partial charge in [-0.25, -0.2) is 0 Å². The van der Waals surface area contributed by atoms with Gasteiger partial charge in [-0.2, -0.15) is 0 Å². The van der Waals surface area contributed by atoms with E-state index in [0.29, 0.717) is 12.0 Å². The maximum absolute atomic E-state index is 5.79. The smallest absolute Gasteiger partial charge is 0.125 e. The zero-order valence-corrected chi connectivity index (χ0v) is 13.0. The lowest BCUT2D eigenvalue weighted by Crippen LogP contribution is -2.34. The Hall–Kier alpha value is -0.540. The molecule has 0 fully saturated rings. The Morgan fingerprint density at radius 3 is 2.89 bits per heavy atom. The number of benzene rings is 1. The topological polar surface area (TPSA) is 21.3 Å². The van der Waals surface area contributed by atoms with Gasteiger partial charge < -0.3 is 10.1 Å². The molecule has 2 rings (SSSR count). The molecule has 0 radical (unpaired) electrons. The Morgan fingerprint density at radius 2 is 2.22 bits per heavy atom. The number of likely N-dealkylation sites (N-methyl/N-ethyl adjacent to an activating group) is 1. The van der Waals surface area contributed by atoms with E-state index < -0.39 is 0 Å². The minimum absolute atomic E-state index is 0.512. The summed E-state index contributed by atoms with van der Waals surface area (Å²) in [6.45, 7) is 5.38. The number of halogens is 1. The first-order valence-electron chi connectivity index (χ1n) is 6.77. The summed E-state index contributed by atoms with van der Waals surface area (Å²) >= 11 is 3.61. The fourth-order valence-electron chi connectivity index (χ4n) is 2.61. The van der Waals surface area contributed by atoms with Gasteiger partial charge in [-0.3, -0.25) is 0 Å². The van der Waals surface area contributed by atoms with Crippen LogP contribution in [-0.2, 0) is 12.8 Å². The molecule has 1 N–H and O–H groups in total. The number of rotatable bonds is 5. The Balaban J connectivity index is 2.23. The van der Waals surface area contributed by atoms with Crippen molar-refractivity contribution < 1.29 is 4.74 Å². The van der Waals surface area contributed by atoms with Gasteiger partial charge in [0.2, 0.25) is 0 Å². The average molecular weight is 312 g/mol.